The van der Waals surface area contributed by atoms with E-state index < -0.39 is 60.3 Å². The number of rotatable bonds is 14. The summed E-state index contributed by atoms with van der Waals surface area (Å²) in [5, 5.41) is 0.275. The van der Waals surface area contributed by atoms with Crippen LogP contribution in [0.1, 0.15) is 52.6 Å². The summed E-state index contributed by atoms with van der Waals surface area (Å²) in [6, 6.07) is 58.0. The number of nitrogens with zero attached hydrogens (tertiary/aromatic N) is 4. The molecule has 0 spiro atoms. The topological polar surface area (TPSA) is 157 Å². The average Bonchev–Trinajstić information content (AvgIpc) is 3.41. The lowest BCUT2D eigenvalue weighted by Gasteiger charge is -2.44. The summed E-state index contributed by atoms with van der Waals surface area (Å²) in [6.45, 7) is 3.47. The van der Waals surface area contributed by atoms with Crippen LogP contribution in [0.2, 0.25) is 0 Å². The van der Waals surface area contributed by atoms with Gasteiger partial charge in [-0.05, 0) is 98.8 Å². The summed E-state index contributed by atoms with van der Waals surface area (Å²) >= 11 is 2.28. The first-order chi connectivity index (χ1) is 35.1. The van der Waals surface area contributed by atoms with Crippen molar-refractivity contribution in [1.82, 2.24) is 9.55 Å². The van der Waals surface area contributed by atoms with E-state index in [1.807, 2.05) is 97.3 Å². The monoisotopic (exact) mass is 994 g/mol. The summed E-state index contributed by atoms with van der Waals surface area (Å²) in [6.07, 6.45) is -6.00. The van der Waals surface area contributed by atoms with Gasteiger partial charge in [-0.25, -0.2) is 29.2 Å². The van der Waals surface area contributed by atoms with Crippen LogP contribution in [0.5, 0.6) is 0 Å². The molecule has 7 aromatic carbocycles. The molecule has 0 aliphatic carbocycles. The lowest BCUT2D eigenvalue weighted by molar-refractivity contribution is -0.207. The van der Waals surface area contributed by atoms with E-state index in [1.165, 1.54) is 11.3 Å². The van der Waals surface area contributed by atoms with Gasteiger partial charge in [0.25, 0.3) is 0 Å². The SMILES string of the molecule is Cc1ccc(N=c2nc(SC3O[C@H](COC(=O)c4ccccc4)[C@@H](OC(=O)c4ccccc4)[C@H](OC(=O)c4ccccc4)[C@H]3OC(=O)c3ccccc3)n(-c3ccc(C)cc3)c(=Nc3ccccc3)s2)cc1. The van der Waals surface area contributed by atoms with Crippen molar-refractivity contribution < 1.29 is 42.9 Å². The molecule has 0 saturated carbocycles. The second-order valence-corrected chi connectivity index (χ2v) is 18.5. The Hall–Kier alpha value is -8.24. The molecule has 15 heteroatoms. The first-order valence-electron chi connectivity index (χ1n) is 22.9. The number of para-hydroxylation sites is 1. The Morgan fingerprint density at radius 3 is 1.47 bits per heavy atom. The largest absolute Gasteiger partial charge is 0.459 e. The van der Waals surface area contributed by atoms with Gasteiger partial charge in [0.2, 0.25) is 4.80 Å². The molecule has 8 aromatic rings. The molecule has 1 unspecified atom stereocenters. The van der Waals surface area contributed by atoms with Crippen molar-refractivity contribution in [3.63, 3.8) is 0 Å². The maximum atomic E-state index is 14.4. The minimum atomic E-state index is -1.59. The molecule has 13 nitrogen and oxygen atoms in total. The average molecular weight is 995 g/mol. The quantitative estimate of drug-likeness (QED) is 0.0754. The first kappa shape index (κ1) is 48.8. The summed E-state index contributed by atoms with van der Waals surface area (Å²) in [4.78, 5) is 72.7. The van der Waals surface area contributed by atoms with E-state index in [0.29, 0.717) is 26.7 Å². The number of esters is 4. The molecule has 0 bridgehead atoms. The normalized spacial score (nSPS) is 17.9. The van der Waals surface area contributed by atoms with Crippen molar-refractivity contribution in [3.05, 3.63) is 243 Å². The second kappa shape index (κ2) is 23.1. The highest BCUT2D eigenvalue weighted by Crippen LogP contribution is 2.38. The first-order valence-corrected chi connectivity index (χ1v) is 24.6. The summed E-state index contributed by atoms with van der Waals surface area (Å²) in [5.41, 5.74) is 3.48. The number of hydrogen-bond donors (Lipinski definition) is 0. The fourth-order valence-corrected chi connectivity index (χ4v) is 9.73. The van der Waals surface area contributed by atoms with Gasteiger partial charge in [0.1, 0.15) is 12.7 Å². The van der Waals surface area contributed by atoms with Crippen molar-refractivity contribution in [2.45, 2.75) is 48.9 Å². The third-order valence-corrected chi connectivity index (χ3v) is 13.2. The van der Waals surface area contributed by atoms with Crippen molar-refractivity contribution in [1.29, 1.82) is 0 Å². The molecule has 1 aromatic heterocycles. The smallest absolute Gasteiger partial charge is 0.338 e. The molecule has 1 saturated heterocycles. The number of carbonyl (C=O) groups is 4. The van der Waals surface area contributed by atoms with E-state index in [9.17, 15) is 19.2 Å². The molecule has 360 valence electrons. The molecule has 1 aliphatic rings. The maximum Gasteiger partial charge on any atom is 0.338 e. The van der Waals surface area contributed by atoms with Crippen LogP contribution in [-0.2, 0) is 23.7 Å². The van der Waals surface area contributed by atoms with E-state index in [4.69, 9.17) is 38.7 Å². The zero-order chi connectivity index (χ0) is 49.8. The van der Waals surface area contributed by atoms with Crippen LogP contribution in [0.15, 0.2) is 215 Å². The van der Waals surface area contributed by atoms with Crippen LogP contribution in [-0.4, -0.2) is 69.9 Å². The van der Waals surface area contributed by atoms with E-state index in [1.54, 1.807) is 121 Å². The van der Waals surface area contributed by atoms with Crippen LogP contribution in [0.25, 0.3) is 5.69 Å². The number of aromatic nitrogens is 2. The molecule has 0 N–H and O–H groups in total. The fourth-order valence-electron chi connectivity index (χ4n) is 7.55. The third-order valence-electron chi connectivity index (χ3n) is 11.2. The Kier molecular flexibility index (Phi) is 15.7. The van der Waals surface area contributed by atoms with Gasteiger partial charge in [0.15, 0.2) is 33.7 Å². The van der Waals surface area contributed by atoms with Gasteiger partial charge >= 0.3 is 23.9 Å². The van der Waals surface area contributed by atoms with Crippen LogP contribution in [0.3, 0.4) is 0 Å². The Balaban J connectivity index is 1.25. The fraction of sp³-hybridized carbons (Fsp3) is 0.140. The zero-order valence-electron chi connectivity index (χ0n) is 38.9. The van der Waals surface area contributed by atoms with Gasteiger partial charge in [0, 0.05) is 0 Å². The molecule has 72 heavy (non-hydrogen) atoms. The number of hydrogen-bond acceptors (Lipinski definition) is 14. The maximum absolute atomic E-state index is 14.4. The van der Waals surface area contributed by atoms with Crippen molar-refractivity contribution in [3.8, 4) is 5.69 Å². The van der Waals surface area contributed by atoms with Crippen LogP contribution < -0.4 is 9.60 Å². The third kappa shape index (κ3) is 12.2. The van der Waals surface area contributed by atoms with Gasteiger partial charge in [-0.15, -0.1) is 0 Å². The molecule has 1 aliphatic heterocycles. The lowest BCUT2D eigenvalue weighted by atomic mass is 9.98. The standard InChI is InChI=1S/C57H46N4O9S2/c1-37-28-32-44(33-29-37)58-55-60-57(61(45-34-30-38(2)31-35-45)56(72-55)59-43-26-16-7-17-27-43)71-54-49(70-53(65)42-24-14-6-15-25-42)48(69-52(64)41-22-12-5-13-23-41)47(68-51(63)40-20-10-4-11-21-40)46(67-54)36-66-50(62)39-18-8-3-9-19-39/h3-35,46-49,54H,36H2,1-2H3/t46-,47-,48+,49-,54?/m1/s1. The number of thioether (sulfide) groups is 1. The number of carbonyl (C=O) groups excluding carboxylic acids is 4. The van der Waals surface area contributed by atoms with Gasteiger partial charge in [-0.2, -0.15) is 4.98 Å². The predicted octanol–water partition coefficient (Wildman–Crippen LogP) is 10.4. The van der Waals surface area contributed by atoms with Gasteiger partial charge in [0.05, 0.1) is 39.3 Å². The molecular formula is C57H46N4O9S2. The molecule has 9 rings (SSSR count). The highest BCUT2D eigenvalue weighted by molar-refractivity contribution is 7.99. The summed E-state index contributed by atoms with van der Waals surface area (Å²) < 4.78 is 33.9. The van der Waals surface area contributed by atoms with Gasteiger partial charge in [-0.1, -0.05) is 149 Å². The van der Waals surface area contributed by atoms with Crippen molar-refractivity contribution in [2.75, 3.05) is 6.61 Å². The van der Waals surface area contributed by atoms with Gasteiger partial charge < -0.3 is 23.7 Å². The second-order valence-electron chi connectivity index (χ2n) is 16.5. The Labute approximate surface area is 423 Å². The highest BCUT2D eigenvalue weighted by atomic mass is 32.2. The summed E-state index contributed by atoms with van der Waals surface area (Å²) in [7, 11) is 0. The zero-order valence-corrected chi connectivity index (χ0v) is 40.6. The van der Waals surface area contributed by atoms with E-state index in [2.05, 4.69) is 0 Å². The number of ether oxygens (including phenoxy) is 5. The van der Waals surface area contributed by atoms with E-state index in [-0.39, 0.29) is 27.4 Å². The molecule has 0 radical (unpaired) electrons. The Bertz CT molecular complexity index is 3290. The van der Waals surface area contributed by atoms with Gasteiger partial charge in [-0.3, -0.25) is 4.57 Å². The Morgan fingerprint density at radius 2 is 0.958 bits per heavy atom. The highest BCUT2D eigenvalue weighted by Gasteiger charge is 2.54. The molecule has 1 fully saturated rings. The predicted molar refractivity (Wildman–Crippen MR) is 272 cm³/mol. The Morgan fingerprint density at radius 1 is 0.528 bits per heavy atom. The van der Waals surface area contributed by atoms with Crippen LogP contribution >= 0.6 is 23.1 Å². The van der Waals surface area contributed by atoms with E-state index >= 15 is 0 Å². The number of aryl methyl sites for hydroxylation is 2. The minimum absolute atomic E-state index is 0.166. The number of benzene rings is 7. The van der Waals surface area contributed by atoms with Crippen molar-refractivity contribution in [2.24, 2.45) is 9.98 Å². The molecule has 0 amide bonds. The molecule has 5 atom stereocenters. The van der Waals surface area contributed by atoms with Crippen LogP contribution in [0, 0.1) is 13.8 Å². The van der Waals surface area contributed by atoms with Crippen molar-refractivity contribution >= 4 is 58.4 Å². The minimum Gasteiger partial charge on any atom is -0.459 e. The molecule has 2 heterocycles. The summed E-state index contributed by atoms with van der Waals surface area (Å²) in [5.74, 6) is -3.10. The molecular weight excluding hydrogens is 949 g/mol. The van der Waals surface area contributed by atoms with E-state index in [0.717, 1.165) is 22.9 Å². The lowest BCUT2D eigenvalue weighted by Crippen LogP contribution is -2.62. The van der Waals surface area contributed by atoms with Crippen LogP contribution in [0.4, 0.5) is 11.4 Å².